The fraction of sp³-hybridized carbons (Fsp3) is 0.333. The highest BCUT2D eigenvalue weighted by molar-refractivity contribution is 6.31. The average molecular weight is 498 g/mol. The molecule has 8 nitrogen and oxygen atoms in total. The number of fused-ring (bicyclic) bond motifs is 3. The number of alkyl halides is 2. The Morgan fingerprint density at radius 3 is 2.60 bits per heavy atom. The predicted molar refractivity (Wildman–Crippen MR) is 128 cm³/mol. The fourth-order valence-electron chi connectivity index (χ4n) is 4.84. The second kappa shape index (κ2) is 9.01. The number of anilines is 2. The van der Waals surface area contributed by atoms with E-state index in [1.54, 1.807) is 12.4 Å². The highest BCUT2D eigenvalue weighted by Gasteiger charge is 2.34. The van der Waals surface area contributed by atoms with Crippen LogP contribution >= 0.6 is 11.6 Å². The molecule has 1 aromatic carbocycles. The summed E-state index contributed by atoms with van der Waals surface area (Å²) in [7, 11) is 0. The van der Waals surface area contributed by atoms with Gasteiger partial charge in [0, 0.05) is 65.4 Å². The molecule has 0 radical (unpaired) electrons. The van der Waals surface area contributed by atoms with Gasteiger partial charge in [-0.15, -0.1) is 0 Å². The second-order valence-electron chi connectivity index (χ2n) is 8.55. The number of rotatable bonds is 4. The van der Waals surface area contributed by atoms with E-state index in [1.165, 1.54) is 12.3 Å². The Bertz CT molecular complexity index is 1360. The van der Waals surface area contributed by atoms with Gasteiger partial charge in [0.1, 0.15) is 11.7 Å². The molecular weight excluding hydrogens is 476 g/mol. The van der Waals surface area contributed by atoms with E-state index in [9.17, 15) is 8.78 Å². The van der Waals surface area contributed by atoms with E-state index in [4.69, 9.17) is 16.3 Å². The maximum absolute atomic E-state index is 13.4. The van der Waals surface area contributed by atoms with E-state index in [1.807, 2.05) is 23.1 Å². The van der Waals surface area contributed by atoms with Gasteiger partial charge in [-0.3, -0.25) is 0 Å². The molecule has 2 aliphatic heterocycles. The molecule has 1 saturated heterocycles. The molecule has 1 atom stereocenters. The first-order chi connectivity index (χ1) is 17.1. The Balaban J connectivity index is 1.45. The summed E-state index contributed by atoms with van der Waals surface area (Å²) in [6, 6.07) is 6.60. The molecular formula is C24H22ClF2N7O. The fourth-order valence-corrected chi connectivity index (χ4v) is 5.02. The smallest absolute Gasteiger partial charge is 0.280 e. The quantitative estimate of drug-likeness (QED) is 0.449. The van der Waals surface area contributed by atoms with Crippen molar-refractivity contribution in [3.8, 4) is 0 Å². The monoisotopic (exact) mass is 497 g/mol. The number of nitrogens with one attached hydrogen (secondary N) is 1. The summed E-state index contributed by atoms with van der Waals surface area (Å²) >= 11 is 6.29. The van der Waals surface area contributed by atoms with Crippen LogP contribution in [0.2, 0.25) is 5.02 Å². The first-order valence-corrected chi connectivity index (χ1v) is 11.8. The standard InChI is InChI=1S/C24H22ClF2N7O/c25-15-1-2-18-17(11-15)16-4-6-34(24-28-5-3-19(32-24)22(26)27)21(20(16)31-18)14-12-29-23(30-13-14)33-7-9-35-10-8-33/h1-3,5,11-13,21-22,31H,4,6-10H2. The van der Waals surface area contributed by atoms with Gasteiger partial charge in [0.15, 0.2) is 0 Å². The third-order valence-corrected chi connectivity index (χ3v) is 6.74. The zero-order valence-electron chi connectivity index (χ0n) is 18.7. The largest absolute Gasteiger partial charge is 0.378 e. The Hall–Kier alpha value is -3.37. The molecule has 35 heavy (non-hydrogen) atoms. The third kappa shape index (κ3) is 4.06. The van der Waals surface area contributed by atoms with Gasteiger partial charge in [-0.1, -0.05) is 11.6 Å². The molecule has 11 heteroatoms. The molecule has 1 fully saturated rings. The highest BCUT2D eigenvalue weighted by atomic mass is 35.5. The molecule has 0 bridgehead atoms. The van der Waals surface area contributed by atoms with Crippen LogP contribution < -0.4 is 9.80 Å². The minimum absolute atomic E-state index is 0.243. The van der Waals surface area contributed by atoms with Crippen molar-refractivity contribution < 1.29 is 13.5 Å². The summed E-state index contributed by atoms with van der Waals surface area (Å²) in [5.41, 5.74) is 3.53. The van der Waals surface area contributed by atoms with Crippen molar-refractivity contribution in [1.82, 2.24) is 24.9 Å². The van der Waals surface area contributed by atoms with Crippen LogP contribution in [0, 0.1) is 0 Å². The lowest BCUT2D eigenvalue weighted by molar-refractivity contribution is 0.122. The van der Waals surface area contributed by atoms with Crippen LogP contribution in [0.15, 0.2) is 42.9 Å². The third-order valence-electron chi connectivity index (χ3n) is 6.50. The van der Waals surface area contributed by atoms with Gasteiger partial charge in [-0.2, -0.15) is 0 Å². The van der Waals surface area contributed by atoms with Gasteiger partial charge in [-0.05, 0) is 36.2 Å². The SMILES string of the molecule is FC(F)c1ccnc(N2CCc3c([nH]c4ccc(Cl)cc34)C2c2cnc(N3CCOCC3)nc2)n1. The highest BCUT2D eigenvalue weighted by Crippen LogP contribution is 2.40. The van der Waals surface area contributed by atoms with Crippen molar-refractivity contribution >= 4 is 34.4 Å². The van der Waals surface area contributed by atoms with Gasteiger partial charge in [0.05, 0.1) is 13.2 Å². The van der Waals surface area contributed by atoms with Crippen molar-refractivity contribution in [3.63, 3.8) is 0 Å². The van der Waals surface area contributed by atoms with Crippen molar-refractivity contribution in [3.05, 3.63) is 70.4 Å². The Morgan fingerprint density at radius 1 is 1.03 bits per heavy atom. The number of hydrogen-bond acceptors (Lipinski definition) is 7. The van der Waals surface area contributed by atoms with E-state index < -0.39 is 6.43 Å². The molecule has 0 aliphatic carbocycles. The lowest BCUT2D eigenvalue weighted by Gasteiger charge is -2.36. The maximum Gasteiger partial charge on any atom is 0.280 e. The second-order valence-corrected chi connectivity index (χ2v) is 8.99. The molecule has 0 amide bonds. The summed E-state index contributed by atoms with van der Waals surface area (Å²) in [6.45, 7) is 3.28. The van der Waals surface area contributed by atoms with Gasteiger partial charge < -0.3 is 19.5 Å². The number of hydrogen-bond donors (Lipinski definition) is 1. The summed E-state index contributed by atoms with van der Waals surface area (Å²) in [4.78, 5) is 25.3. The molecule has 0 spiro atoms. The van der Waals surface area contributed by atoms with Crippen LogP contribution in [0.4, 0.5) is 20.7 Å². The zero-order chi connectivity index (χ0) is 23.9. The Morgan fingerprint density at radius 2 is 1.83 bits per heavy atom. The molecule has 2 aliphatic rings. The van der Waals surface area contributed by atoms with E-state index in [-0.39, 0.29) is 17.7 Å². The van der Waals surface area contributed by atoms with E-state index in [2.05, 4.69) is 29.8 Å². The summed E-state index contributed by atoms with van der Waals surface area (Å²) in [5.74, 6) is 0.881. The lowest BCUT2D eigenvalue weighted by atomic mass is 9.94. The molecule has 1 N–H and O–H groups in total. The van der Waals surface area contributed by atoms with Crippen molar-refractivity contribution in [1.29, 1.82) is 0 Å². The Labute approximate surface area is 204 Å². The summed E-state index contributed by atoms with van der Waals surface area (Å²) in [6.07, 6.45) is 2.96. The maximum atomic E-state index is 13.4. The average Bonchev–Trinajstić information content (AvgIpc) is 3.26. The molecule has 3 aromatic heterocycles. The number of ether oxygens (including phenoxy) is 1. The number of aromatic nitrogens is 5. The van der Waals surface area contributed by atoms with Gasteiger partial charge in [0.2, 0.25) is 11.9 Å². The molecule has 4 aromatic rings. The van der Waals surface area contributed by atoms with Crippen LogP contribution in [0.25, 0.3) is 10.9 Å². The lowest BCUT2D eigenvalue weighted by Crippen LogP contribution is -2.38. The molecule has 0 saturated carbocycles. The van der Waals surface area contributed by atoms with Crippen molar-refractivity contribution in [2.45, 2.75) is 18.9 Å². The topological polar surface area (TPSA) is 83.1 Å². The number of nitrogens with zero attached hydrogens (tertiary/aromatic N) is 6. The Kier molecular flexibility index (Phi) is 5.69. The van der Waals surface area contributed by atoms with Crippen molar-refractivity contribution in [2.75, 3.05) is 42.6 Å². The van der Waals surface area contributed by atoms with E-state index in [0.717, 1.165) is 40.8 Å². The molecule has 1 unspecified atom stereocenters. The van der Waals surface area contributed by atoms with Crippen molar-refractivity contribution in [2.24, 2.45) is 0 Å². The zero-order valence-corrected chi connectivity index (χ0v) is 19.4. The molecule has 5 heterocycles. The number of benzene rings is 1. The van der Waals surface area contributed by atoms with Crippen LogP contribution in [0.1, 0.15) is 35.0 Å². The normalized spacial score (nSPS) is 18.3. The summed E-state index contributed by atoms with van der Waals surface area (Å²) in [5, 5.41) is 1.70. The molecule has 180 valence electrons. The van der Waals surface area contributed by atoms with Gasteiger partial charge in [0.25, 0.3) is 6.43 Å². The van der Waals surface area contributed by atoms with Crippen LogP contribution in [-0.4, -0.2) is 57.8 Å². The minimum atomic E-state index is -2.68. The summed E-state index contributed by atoms with van der Waals surface area (Å²) < 4.78 is 32.2. The van der Waals surface area contributed by atoms with Gasteiger partial charge in [-0.25, -0.2) is 28.7 Å². The number of aromatic amines is 1. The minimum Gasteiger partial charge on any atom is -0.378 e. The first-order valence-electron chi connectivity index (χ1n) is 11.4. The number of halogens is 3. The van der Waals surface area contributed by atoms with E-state index >= 15 is 0 Å². The van der Waals surface area contributed by atoms with Gasteiger partial charge >= 0.3 is 0 Å². The number of H-pyrrole nitrogens is 1. The van der Waals surface area contributed by atoms with Crippen LogP contribution in [0.3, 0.4) is 0 Å². The van der Waals surface area contributed by atoms with E-state index in [0.29, 0.717) is 37.2 Å². The van der Waals surface area contributed by atoms with Crippen LogP contribution in [0.5, 0.6) is 0 Å². The first kappa shape index (κ1) is 22.1. The van der Waals surface area contributed by atoms with Crippen LogP contribution in [-0.2, 0) is 11.2 Å². The predicted octanol–water partition coefficient (Wildman–Crippen LogP) is 4.33. The molecule has 6 rings (SSSR count). The number of morpholine rings is 1.